The van der Waals surface area contributed by atoms with Crippen LogP contribution in [0.15, 0.2) is 78.9 Å². The van der Waals surface area contributed by atoms with Gasteiger partial charge >= 0.3 is 0 Å². The lowest BCUT2D eigenvalue weighted by Crippen LogP contribution is -2.31. The van der Waals surface area contributed by atoms with Gasteiger partial charge < -0.3 is 5.32 Å². The second-order valence-electron chi connectivity index (χ2n) is 7.36. The van der Waals surface area contributed by atoms with E-state index in [1.54, 1.807) is 0 Å². The van der Waals surface area contributed by atoms with Crippen LogP contribution in [-0.4, -0.2) is 35.4 Å². The number of carbonyl (C=O) groups excluding carboxylic acids is 1. The Labute approximate surface area is 177 Å². The highest BCUT2D eigenvalue weighted by atomic mass is 32.2. The molecule has 0 aliphatic carbocycles. The van der Waals surface area contributed by atoms with Crippen molar-refractivity contribution in [3.63, 3.8) is 0 Å². The molecule has 4 heteroatoms. The highest BCUT2D eigenvalue weighted by molar-refractivity contribution is 7.99. The molecule has 0 aromatic heterocycles. The molecule has 1 saturated heterocycles. The van der Waals surface area contributed by atoms with Gasteiger partial charge in [0, 0.05) is 42.4 Å². The van der Waals surface area contributed by atoms with Crippen molar-refractivity contribution in [3.8, 4) is 0 Å². The van der Waals surface area contributed by atoms with Gasteiger partial charge in [-0.1, -0.05) is 60.7 Å². The van der Waals surface area contributed by atoms with Gasteiger partial charge in [-0.15, -0.1) is 0 Å². The molecule has 1 amide bonds. The summed E-state index contributed by atoms with van der Waals surface area (Å²) in [4.78, 5) is 15.5. The molecule has 29 heavy (non-hydrogen) atoms. The Morgan fingerprint density at radius 1 is 0.862 bits per heavy atom. The molecule has 1 aliphatic heterocycles. The monoisotopic (exact) mass is 402 g/mol. The van der Waals surface area contributed by atoms with Crippen LogP contribution in [0, 0.1) is 0 Å². The van der Waals surface area contributed by atoms with Crippen molar-refractivity contribution < 1.29 is 4.79 Å². The largest absolute Gasteiger partial charge is 0.322 e. The number of amides is 1. The lowest BCUT2D eigenvalue weighted by atomic mass is 9.99. The number of anilines is 1. The van der Waals surface area contributed by atoms with Crippen LogP contribution in [0.1, 0.15) is 27.0 Å². The van der Waals surface area contributed by atoms with Crippen molar-refractivity contribution in [3.05, 3.63) is 101 Å². The van der Waals surface area contributed by atoms with E-state index in [2.05, 4.69) is 34.5 Å². The average molecular weight is 403 g/mol. The van der Waals surface area contributed by atoms with E-state index in [1.165, 1.54) is 22.6 Å². The Morgan fingerprint density at radius 3 is 2.41 bits per heavy atom. The summed E-state index contributed by atoms with van der Waals surface area (Å²) in [6.07, 6.45) is 0.747. The fraction of sp³-hybridized carbons (Fsp3) is 0.240. The number of nitrogens with one attached hydrogen (secondary N) is 1. The highest BCUT2D eigenvalue weighted by Crippen LogP contribution is 2.19. The van der Waals surface area contributed by atoms with Crippen LogP contribution in [0.5, 0.6) is 0 Å². The molecule has 1 aliphatic rings. The molecule has 4 rings (SSSR count). The number of nitrogens with zero attached hydrogens (tertiary/aromatic N) is 1. The maximum absolute atomic E-state index is 13.0. The summed E-state index contributed by atoms with van der Waals surface area (Å²) < 4.78 is 0. The smallest absolute Gasteiger partial charge is 0.255 e. The van der Waals surface area contributed by atoms with E-state index < -0.39 is 0 Å². The van der Waals surface area contributed by atoms with Gasteiger partial charge in [-0.25, -0.2) is 0 Å². The maximum Gasteiger partial charge on any atom is 0.255 e. The van der Waals surface area contributed by atoms with Crippen molar-refractivity contribution in [1.29, 1.82) is 0 Å². The Morgan fingerprint density at radius 2 is 1.59 bits per heavy atom. The summed E-state index contributed by atoms with van der Waals surface area (Å²) in [6, 6.07) is 26.4. The van der Waals surface area contributed by atoms with Gasteiger partial charge in [-0.3, -0.25) is 9.69 Å². The minimum atomic E-state index is -0.0527. The first-order chi connectivity index (χ1) is 14.3. The first-order valence-corrected chi connectivity index (χ1v) is 11.3. The predicted molar refractivity (Wildman–Crippen MR) is 123 cm³/mol. The molecule has 1 heterocycles. The van der Waals surface area contributed by atoms with Gasteiger partial charge in [0.2, 0.25) is 0 Å². The third-order valence-electron chi connectivity index (χ3n) is 5.19. The van der Waals surface area contributed by atoms with Crippen LogP contribution < -0.4 is 5.32 Å². The zero-order chi connectivity index (χ0) is 19.9. The van der Waals surface area contributed by atoms with E-state index >= 15 is 0 Å². The van der Waals surface area contributed by atoms with Crippen LogP contribution in [0.3, 0.4) is 0 Å². The van der Waals surface area contributed by atoms with Gasteiger partial charge in [0.05, 0.1) is 0 Å². The maximum atomic E-state index is 13.0. The van der Waals surface area contributed by atoms with E-state index in [1.807, 2.05) is 66.4 Å². The molecule has 3 aromatic rings. The van der Waals surface area contributed by atoms with Crippen LogP contribution >= 0.6 is 11.8 Å². The normalized spacial score (nSPS) is 14.5. The predicted octanol–water partition coefficient (Wildman–Crippen LogP) is 5.08. The van der Waals surface area contributed by atoms with Crippen molar-refractivity contribution in [1.82, 2.24) is 4.90 Å². The molecule has 0 saturated carbocycles. The fourth-order valence-electron chi connectivity index (χ4n) is 3.68. The SMILES string of the molecule is O=C(Nc1cccc(CN2CCSCC2)c1)c1ccccc1Cc1ccccc1. The Balaban J connectivity index is 1.46. The minimum absolute atomic E-state index is 0.0527. The number of thioether (sulfide) groups is 1. The molecule has 1 N–H and O–H groups in total. The zero-order valence-electron chi connectivity index (χ0n) is 16.5. The molecule has 148 valence electrons. The van der Waals surface area contributed by atoms with E-state index in [0.29, 0.717) is 0 Å². The fourth-order valence-corrected chi connectivity index (χ4v) is 4.65. The summed E-state index contributed by atoms with van der Waals surface area (Å²) in [5.74, 6) is 2.35. The summed E-state index contributed by atoms with van der Waals surface area (Å²) >= 11 is 2.02. The molecule has 0 radical (unpaired) electrons. The third-order valence-corrected chi connectivity index (χ3v) is 6.14. The molecule has 3 nitrogen and oxygen atoms in total. The number of benzene rings is 3. The lowest BCUT2D eigenvalue weighted by molar-refractivity contribution is 0.102. The second-order valence-corrected chi connectivity index (χ2v) is 8.59. The first-order valence-electron chi connectivity index (χ1n) is 10.1. The summed E-state index contributed by atoms with van der Waals surface area (Å²) in [6.45, 7) is 3.21. The molecular weight excluding hydrogens is 376 g/mol. The number of rotatable bonds is 6. The second kappa shape index (κ2) is 9.77. The van der Waals surface area contributed by atoms with Crippen molar-refractivity contribution in [2.45, 2.75) is 13.0 Å². The van der Waals surface area contributed by atoms with E-state index in [-0.39, 0.29) is 5.91 Å². The van der Waals surface area contributed by atoms with Gasteiger partial charge in [0.1, 0.15) is 0 Å². The molecule has 0 bridgehead atoms. The Kier molecular flexibility index (Phi) is 6.65. The zero-order valence-corrected chi connectivity index (χ0v) is 17.3. The van der Waals surface area contributed by atoms with Crippen molar-refractivity contribution >= 4 is 23.4 Å². The van der Waals surface area contributed by atoms with Crippen molar-refractivity contribution in [2.75, 3.05) is 29.9 Å². The van der Waals surface area contributed by atoms with Gasteiger partial charge in [0.15, 0.2) is 0 Å². The highest BCUT2D eigenvalue weighted by Gasteiger charge is 2.13. The summed E-state index contributed by atoms with van der Waals surface area (Å²) in [7, 11) is 0. The van der Waals surface area contributed by atoms with Crippen LogP contribution in [0.4, 0.5) is 5.69 Å². The quantitative estimate of drug-likeness (QED) is 0.624. The van der Waals surface area contributed by atoms with E-state index in [0.717, 1.165) is 42.9 Å². The number of hydrogen-bond donors (Lipinski definition) is 1. The minimum Gasteiger partial charge on any atom is -0.322 e. The molecule has 0 spiro atoms. The van der Waals surface area contributed by atoms with E-state index in [4.69, 9.17) is 0 Å². The summed E-state index contributed by atoms with van der Waals surface area (Å²) in [5.41, 5.74) is 5.07. The number of hydrogen-bond acceptors (Lipinski definition) is 3. The molecule has 1 fully saturated rings. The molecule has 0 atom stereocenters. The van der Waals surface area contributed by atoms with Crippen molar-refractivity contribution in [2.24, 2.45) is 0 Å². The van der Waals surface area contributed by atoms with Gasteiger partial charge in [-0.2, -0.15) is 11.8 Å². The third kappa shape index (κ3) is 5.49. The van der Waals surface area contributed by atoms with E-state index in [9.17, 15) is 4.79 Å². The first kappa shape index (κ1) is 19.7. The molecular formula is C25H26N2OS. The van der Waals surface area contributed by atoms with Crippen LogP contribution in [0.2, 0.25) is 0 Å². The molecule has 0 unspecified atom stereocenters. The number of carbonyl (C=O) groups is 1. The van der Waals surface area contributed by atoms with Crippen LogP contribution in [-0.2, 0) is 13.0 Å². The lowest BCUT2D eigenvalue weighted by Gasteiger charge is -2.26. The van der Waals surface area contributed by atoms with Gasteiger partial charge in [-0.05, 0) is 41.3 Å². The Hall–Kier alpha value is -2.56. The topological polar surface area (TPSA) is 32.3 Å². The standard InChI is InChI=1S/C25H26N2OS/c28-25(24-12-5-4-10-22(24)17-20-7-2-1-3-8-20)26-23-11-6-9-21(18-23)19-27-13-15-29-16-14-27/h1-12,18H,13-17,19H2,(H,26,28). The summed E-state index contributed by atoms with van der Waals surface area (Å²) in [5, 5.41) is 3.10. The molecule has 3 aromatic carbocycles. The van der Waals surface area contributed by atoms with Crippen LogP contribution in [0.25, 0.3) is 0 Å². The Bertz CT molecular complexity index is 952. The average Bonchev–Trinajstić information content (AvgIpc) is 2.76. The van der Waals surface area contributed by atoms with Gasteiger partial charge in [0.25, 0.3) is 5.91 Å².